The zero-order valence-electron chi connectivity index (χ0n) is 14.7. The number of nitrogens with zero attached hydrogens (tertiary/aromatic N) is 3. The summed E-state index contributed by atoms with van der Waals surface area (Å²) < 4.78 is 15.3. The third-order valence-electron chi connectivity index (χ3n) is 5.09. The molecule has 128 valence electrons. The lowest BCUT2D eigenvalue weighted by Crippen LogP contribution is -2.31. The van der Waals surface area contributed by atoms with Crippen LogP contribution in [0.15, 0.2) is 48.5 Å². The molecule has 2 aromatic carbocycles. The van der Waals surface area contributed by atoms with E-state index < -0.39 is 0 Å². The molecule has 0 fully saturated rings. The summed E-state index contributed by atoms with van der Waals surface area (Å²) in [6.45, 7) is 5.04. The van der Waals surface area contributed by atoms with E-state index in [0.29, 0.717) is 0 Å². The molecule has 0 spiro atoms. The summed E-state index contributed by atoms with van der Waals surface area (Å²) in [4.78, 5) is 7.30. The Morgan fingerprint density at radius 3 is 2.60 bits per heavy atom. The molecule has 0 saturated heterocycles. The van der Waals surface area contributed by atoms with Gasteiger partial charge in [0.15, 0.2) is 0 Å². The van der Waals surface area contributed by atoms with Crippen molar-refractivity contribution in [3.8, 4) is 11.4 Å². The molecule has 1 aliphatic heterocycles. The molecule has 0 atom stereocenters. The monoisotopic (exact) mass is 335 g/mol. The highest BCUT2D eigenvalue weighted by Gasteiger charge is 2.23. The van der Waals surface area contributed by atoms with Gasteiger partial charge < -0.3 is 4.57 Å². The predicted octanol–water partition coefficient (Wildman–Crippen LogP) is 4.09. The van der Waals surface area contributed by atoms with E-state index in [1.54, 1.807) is 12.1 Å². The zero-order chi connectivity index (χ0) is 17.4. The molecule has 0 radical (unpaired) electrons. The van der Waals surface area contributed by atoms with Gasteiger partial charge in [-0.3, -0.25) is 4.90 Å². The quantitative estimate of drug-likeness (QED) is 0.719. The largest absolute Gasteiger partial charge is 0.330 e. The Kier molecular flexibility index (Phi) is 4.14. The number of benzene rings is 2. The molecule has 2 heterocycles. The Bertz CT molecular complexity index is 896. The molecule has 25 heavy (non-hydrogen) atoms. The van der Waals surface area contributed by atoms with Crippen LogP contribution in [0.3, 0.4) is 0 Å². The molecule has 0 saturated carbocycles. The number of hydrogen-bond donors (Lipinski definition) is 0. The van der Waals surface area contributed by atoms with Crippen molar-refractivity contribution in [2.75, 3.05) is 6.54 Å². The van der Waals surface area contributed by atoms with Gasteiger partial charge in [0.1, 0.15) is 11.6 Å². The van der Waals surface area contributed by atoms with Crippen molar-refractivity contribution in [1.82, 2.24) is 14.5 Å². The Balaban J connectivity index is 1.59. The van der Waals surface area contributed by atoms with Crippen molar-refractivity contribution >= 4 is 0 Å². The maximum absolute atomic E-state index is 13.2. The highest BCUT2D eigenvalue weighted by Crippen LogP contribution is 2.27. The molecule has 0 N–H and O–H groups in total. The Morgan fingerprint density at radius 1 is 1.08 bits per heavy atom. The van der Waals surface area contributed by atoms with Crippen LogP contribution in [0.1, 0.15) is 22.5 Å². The van der Waals surface area contributed by atoms with Gasteiger partial charge in [-0.1, -0.05) is 24.3 Å². The molecule has 0 unspecified atom stereocenters. The van der Waals surface area contributed by atoms with E-state index in [9.17, 15) is 4.39 Å². The third kappa shape index (κ3) is 3.10. The first-order chi connectivity index (χ1) is 12.1. The lowest BCUT2D eigenvalue weighted by Gasteiger charge is -2.27. The first kappa shape index (κ1) is 16.0. The normalized spacial score (nSPS) is 14.5. The molecule has 3 nitrogen and oxygen atoms in total. The van der Waals surface area contributed by atoms with E-state index in [1.165, 1.54) is 34.6 Å². The van der Waals surface area contributed by atoms with Crippen LogP contribution in [0, 0.1) is 12.7 Å². The first-order valence-electron chi connectivity index (χ1n) is 8.69. The maximum Gasteiger partial charge on any atom is 0.140 e. The summed E-state index contributed by atoms with van der Waals surface area (Å²) in [5.74, 6) is 0.704. The Labute approximate surface area is 147 Å². The smallest absolute Gasteiger partial charge is 0.140 e. The number of hydrogen-bond acceptors (Lipinski definition) is 2. The second kappa shape index (κ2) is 6.45. The van der Waals surface area contributed by atoms with Gasteiger partial charge in [0.25, 0.3) is 0 Å². The minimum absolute atomic E-state index is 0.216. The van der Waals surface area contributed by atoms with Crippen LogP contribution in [0.2, 0.25) is 0 Å². The number of imidazole rings is 1. The lowest BCUT2D eigenvalue weighted by molar-refractivity contribution is 0.238. The molecular weight excluding hydrogens is 313 g/mol. The molecule has 0 bridgehead atoms. The number of halogens is 1. The Hall–Kier alpha value is -2.46. The van der Waals surface area contributed by atoms with E-state index in [2.05, 4.69) is 47.7 Å². The first-order valence-corrected chi connectivity index (χ1v) is 8.69. The van der Waals surface area contributed by atoms with Gasteiger partial charge in [-0.05, 0) is 42.3 Å². The summed E-state index contributed by atoms with van der Waals surface area (Å²) in [5, 5.41) is 0. The topological polar surface area (TPSA) is 21.1 Å². The van der Waals surface area contributed by atoms with E-state index in [1.807, 2.05) is 0 Å². The van der Waals surface area contributed by atoms with Gasteiger partial charge in [0, 0.05) is 38.7 Å². The fourth-order valence-electron chi connectivity index (χ4n) is 3.56. The zero-order valence-corrected chi connectivity index (χ0v) is 14.7. The third-order valence-corrected chi connectivity index (χ3v) is 5.09. The van der Waals surface area contributed by atoms with Gasteiger partial charge >= 0.3 is 0 Å². The van der Waals surface area contributed by atoms with E-state index >= 15 is 0 Å². The molecule has 1 aliphatic rings. The molecule has 3 aromatic rings. The van der Waals surface area contributed by atoms with Crippen LogP contribution >= 0.6 is 0 Å². The van der Waals surface area contributed by atoms with Crippen molar-refractivity contribution in [3.05, 3.63) is 76.9 Å². The predicted molar refractivity (Wildman–Crippen MR) is 97.6 cm³/mol. The SMILES string of the molecule is Cc1ccccc1CN1CCc2nc(-c3ccc(F)cc3)n(C)c2C1. The average Bonchev–Trinajstić information content (AvgIpc) is 2.94. The van der Waals surface area contributed by atoms with Crippen molar-refractivity contribution < 1.29 is 4.39 Å². The molecular formula is C21H22FN3. The lowest BCUT2D eigenvalue weighted by atomic mass is 10.1. The van der Waals surface area contributed by atoms with Crippen LogP contribution in [-0.4, -0.2) is 21.0 Å². The van der Waals surface area contributed by atoms with Crippen molar-refractivity contribution in [2.45, 2.75) is 26.4 Å². The molecule has 0 amide bonds. The van der Waals surface area contributed by atoms with Crippen molar-refractivity contribution in [1.29, 1.82) is 0 Å². The number of aryl methyl sites for hydroxylation is 1. The second-order valence-electron chi connectivity index (χ2n) is 6.78. The van der Waals surface area contributed by atoms with Gasteiger partial charge in [-0.2, -0.15) is 0 Å². The van der Waals surface area contributed by atoms with Crippen molar-refractivity contribution in [3.63, 3.8) is 0 Å². The molecule has 4 rings (SSSR count). The number of aromatic nitrogens is 2. The summed E-state index contributed by atoms with van der Waals surface area (Å²) >= 11 is 0. The minimum atomic E-state index is -0.216. The van der Waals surface area contributed by atoms with Crippen LogP contribution in [0.25, 0.3) is 11.4 Å². The van der Waals surface area contributed by atoms with Gasteiger partial charge in [-0.15, -0.1) is 0 Å². The van der Waals surface area contributed by atoms with Gasteiger partial charge in [0.2, 0.25) is 0 Å². The maximum atomic E-state index is 13.2. The number of rotatable bonds is 3. The molecule has 0 aliphatic carbocycles. The highest BCUT2D eigenvalue weighted by molar-refractivity contribution is 5.57. The minimum Gasteiger partial charge on any atom is -0.330 e. The van der Waals surface area contributed by atoms with Crippen LogP contribution < -0.4 is 0 Å². The fraction of sp³-hybridized carbons (Fsp3) is 0.286. The van der Waals surface area contributed by atoms with Gasteiger partial charge in [0.05, 0.1) is 11.4 Å². The second-order valence-corrected chi connectivity index (χ2v) is 6.78. The van der Waals surface area contributed by atoms with Gasteiger partial charge in [-0.25, -0.2) is 9.37 Å². The molecule has 4 heteroatoms. The van der Waals surface area contributed by atoms with E-state index in [-0.39, 0.29) is 5.82 Å². The highest BCUT2D eigenvalue weighted by atomic mass is 19.1. The Morgan fingerprint density at radius 2 is 1.84 bits per heavy atom. The van der Waals surface area contributed by atoms with Crippen LogP contribution in [0.5, 0.6) is 0 Å². The number of fused-ring (bicyclic) bond motifs is 1. The van der Waals surface area contributed by atoms with Crippen LogP contribution in [0.4, 0.5) is 4.39 Å². The molecule has 1 aromatic heterocycles. The summed E-state index contributed by atoms with van der Waals surface area (Å²) in [5.41, 5.74) is 6.11. The van der Waals surface area contributed by atoms with Crippen molar-refractivity contribution in [2.24, 2.45) is 7.05 Å². The average molecular weight is 335 g/mol. The van der Waals surface area contributed by atoms with E-state index in [4.69, 9.17) is 4.98 Å². The summed E-state index contributed by atoms with van der Waals surface area (Å²) in [6.07, 6.45) is 0.955. The standard InChI is InChI=1S/C21H22FN3/c1-15-5-3-4-6-17(15)13-25-12-11-19-20(14-25)24(2)21(23-19)16-7-9-18(22)10-8-16/h3-10H,11-14H2,1-2H3. The summed E-state index contributed by atoms with van der Waals surface area (Å²) in [7, 11) is 2.06. The van der Waals surface area contributed by atoms with Crippen LogP contribution in [-0.2, 0) is 26.6 Å². The van der Waals surface area contributed by atoms with E-state index in [0.717, 1.165) is 37.4 Å². The summed E-state index contributed by atoms with van der Waals surface area (Å²) in [6, 6.07) is 15.2. The fourth-order valence-corrected chi connectivity index (χ4v) is 3.56.